The van der Waals surface area contributed by atoms with Gasteiger partial charge in [-0.3, -0.25) is 5.10 Å². The second-order valence-electron chi connectivity index (χ2n) is 7.64. The van der Waals surface area contributed by atoms with Gasteiger partial charge in [-0.25, -0.2) is 9.37 Å². The molecule has 6 heteroatoms. The lowest BCUT2D eigenvalue weighted by Crippen LogP contribution is -2.29. The molecule has 1 saturated carbocycles. The van der Waals surface area contributed by atoms with Crippen molar-refractivity contribution in [3.8, 4) is 11.3 Å². The maximum atomic E-state index is 14.9. The Morgan fingerprint density at radius 2 is 1.96 bits per heavy atom. The molecule has 2 N–H and O–H groups in total. The molecule has 126 valence electrons. The lowest BCUT2D eigenvalue weighted by atomic mass is 9.77. The number of nitrogens with zero attached hydrogens (tertiary/aromatic N) is 3. The molecule has 0 amide bonds. The average Bonchev–Trinajstić information content (AvgIpc) is 3.37. The van der Waals surface area contributed by atoms with Crippen LogP contribution in [0.3, 0.4) is 0 Å². The first kappa shape index (κ1) is 13.8. The summed E-state index contributed by atoms with van der Waals surface area (Å²) in [4.78, 5) is 4.86. The van der Waals surface area contributed by atoms with E-state index in [0.29, 0.717) is 17.5 Å². The first-order valence-corrected chi connectivity index (χ1v) is 8.96. The minimum Gasteiger partial charge on any atom is -0.302 e. The molecule has 4 atom stereocenters. The lowest BCUT2D eigenvalue weighted by molar-refractivity contribution is 0.600. The Hall–Kier alpha value is -2.50. The van der Waals surface area contributed by atoms with Crippen LogP contribution in [0.4, 0.5) is 4.39 Å². The highest BCUT2D eigenvalue weighted by atomic mass is 19.1. The van der Waals surface area contributed by atoms with Crippen molar-refractivity contribution in [2.45, 2.75) is 50.0 Å². The summed E-state index contributed by atoms with van der Waals surface area (Å²) >= 11 is 0. The molecule has 4 unspecified atom stereocenters. The predicted octanol–water partition coefficient (Wildman–Crippen LogP) is 3.51. The van der Waals surface area contributed by atoms with Crippen molar-refractivity contribution in [1.82, 2.24) is 20.6 Å². The fourth-order valence-corrected chi connectivity index (χ4v) is 5.32. The number of halogens is 1. The maximum Gasteiger partial charge on any atom is 0.147 e. The van der Waals surface area contributed by atoms with Gasteiger partial charge in [0.2, 0.25) is 0 Å². The van der Waals surface area contributed by atoms with Crippen molar-refractivity contribution in [3.63, 3.8) is 0 Å². The quantitative estimate of drug-likeness (QED) is 0.838. The van der Waals surface area contributed by atoms with E-state index in [0.717, 1.165) is 22.5 Å². The summed E-state index contributed by atoms with van der Waals surface area (Å²) in [5.41, 5.74) is 10.2. The topological polar surface area (TPSA) is 66.0 Å². The van der Waals surface area contributed by atoms with Gasteiger partial charge in [0, 0.05) is 23.4 Å². The van der Waals surface area contributed by atoms with Crippen LogP contribution in [0.25, 0.3) is 17.1 Å². The number of hydrazone groups is 1. The highest BCUT2D eigenvalue weighted by molar-refractivity contribution is 5.83. The fraction of sp³-hybridized carbons (Fsp3) is 0.421. The molecule has 2 bridgehead atoms. The minimum atomic E-state index is -0.234. The maximum absolute atomic E-state index is 14.9. The molecule has 2 aromatic heterocycles. The number of aryl methyl sites for hydroxylation is 1. The first-order valence-electron chi connectivity index (χ1n) is 8.96. The van der Waals surface area contributed by atoms with Gasteiger partial charge in [0.05, 0.1) is 17.9 Å². The van der Waals surface area contributed by atoms with Gasteiger partial charge in [0.1, 0.15) is 11.5 Å². The third-order valence-corrected chi connectivity index (χ3v) is 6.38. The van der Waals surface area contributed by atoms with Crippen LogP contribution in [0, 0.1) is 6.92 Å². The number of hydrogen-bond acceptors (Lipinski definition) is 4. The molecule has 0 saturated heterocycles. The summed E-state index contributed by atoms with van der Waals surface area (Å²) in [6.45, 7) is 2.00. The van der Waals surface area contributed by atoms with Gasteiger partial charge in [0.15, 0.2) is 0 Å². The molecule has 2 aromatic rings. The van der Waals surface area contributed by atoms with Crippen molar-refractivity contribution in [2.24, 2.45) is 5.10 Å². The highest BCUT2D eigenvalue weighted by Gasteiger charge is 2.46. The van der Waals surface area contributed by atoms with E-state index < -0.39 is 0 Å². The van der Waals surface area contributed by atoms with E-state index >= 15 is 0 Å². The molecule has 0 spiro atoms. The van der Waals surface area contributed by atoms with Gasteiger partial charge < -0.3 is 5.43 Å². The molecule has 1 fully saturated rings. The van der Waals surface area contributed by atoms with Gasteiger partial charge in [-0.15, -0.1) is 0 Å². The van der Waals surface area contributed by atoms with E-state index in [1.54, 1.807) is 6.08 Å². The summed E-state index contributed by atoms with van der Waals surface area (Å²) in [6, 6.07) is -0.0842. The van der Waals surface area contributed by atoms with Crippen LogP contribution in [0.2, 0.25) is 0 Å². The molecule has 3 heterocycles. The number of nitrogens with one attached hydrogen (secondary N) is 2. The zero-order valence-corrected chi connectivity index (χ0v) is 13.9. The number of hydrogen-bond donors (Lipinski definition) is 2. The van der Waals surface area contributed by atoms with Gasteiger partial charge in [0.25, 0.3) is 0 Å². The normalized spacial score (nSPS) is 30.7. The molecule has 3 aliphatic carbocycles. The Morgan fingerprint density at radius 1 is 1.12 bits per heavy atom. The Balaban J connectivity index is 1.70. The molecule has 25 heavy (non-hydrogen) atoms. The van der Waals surface area contributed by atoms with Gasteiger partial charge in [-0.2, -0.15) is 10.2 Å². The Bertz CT molecular complexity index is 972. The molecule has 4 aliphatic rings. The molecular weight excluding hydrogens is 317 g/mol. The molecular formula is C19H18FN5. The lowest BCUT2D eigenvalue weighted by Gasteiger charge is -2.30. The first-order chi connectivity index (χ1) is 12.2. The third kappa shape index (κ3) is 1.64. The largest absolute Gasteiger partial charge is 0.302 e. The second-order valence-corrected chi connectivity index (χ2v) is 7.64. The van der Waals surface area contributed by atoms with E-state index in [4.69, 9.17) is 4.98 Å². The number of rotatable bonds is 1. The van der Waals surface area contributed by atoms with Crippen molar-refractivity contribution < 1.29 is 4.39 Å². The van der Waals surface area contributed by atoms with Gasteiger partial charge in [-0.1, -0.05) is 0 Å². The molecule has 1 aliphatic heterocycles. The summed E-state index contributed by atoms with van der Waals surface area (Å²) in [7, 11) is 0. The van der Waals surface area contributed by atoms with Crippen LogP contribution in [-0.2, 0) is 0 Å². The highest BCUT2D eigenvalue weighted by Crippen LogP contribution is 2.59. The zero-order valence-electron chi connectivity index (χ0n) is 13.9. The van der Waals surface area contributed by atoms with E-state index in [1.807, 2.05) is 19.3 Å². The predicted molar refractivity (Wildman–Crippen MR) is 93.1 cm³/mol. The van der Waals surface area contributed by atoms with E-state index in [9.17, 15) is 4.39 Å². The fourth-order valence-electron chi connectivity index (χ4n) is 5.32. The van der Waals surface area contributed by atoms with Crippen LogP contribution in [0.1, 0.15) is 65.1 Å². The smallest absolute Gasteiger partial charge is 0.147 e. The summed E-state index contributed by atoms with van der Waals surface area (Å²) in [6.07, 6.45) is 8.95. The van der Waals surface area contributed by atoms with Gasteiger partial charge in [-0.05, 0) is 60.8 Å². The van der Waals surface area contributed by atoms with Crippen LogP contribution >= 0.6 is 0 Å². The number of fused-ring (bicyclic) bond motifs is 9. The third-order valence-electron chi connectivity index (χ3n) is 6.38. The van der Waals surface area contributed by atoms with Crippen molar-refractivity contribution >= 4 is 12.0 Å². The van der Waals surface area contributed by atoms with Crippen molar-refractivity contribution in [1.29, 1.82) is 0 Å². The van der Waals surface area contributed by atoms with Crippen LogP contribution in [0.15, 0.2) is 17.4 Å². The summed E-state index contributed by atoms with van der Waals surface area (Å²) < 4.78 is 14.9. The van der Waals surface area contributed by atoms with Gasteiger partial charge >= 0.3 is 0 Å². The van der Waals surface area contributed by atoms with E-state index in [-0.39, 0.29) is 17.8 Å². The van der Waals surface area contributed by atoms with Crippen LogP contribution in [-0.4, -0.2) is 27.4 Å². The van der Waals surface area contributed by atoms with Crippen LogP contribution < -0.4 is 5.43 Å². The second kappa shape index (κ2) is 4.56. The molecule has 5 nitrogen and oxygen atoms in total. The number of aromatic nitrogens is 3. The van der Waals surface area contributed by atoms with E-state index in [2.05, 4.69) is 20.7 Å². The monoisotopic (exact) mass is 335 g/mol. The SMILES string of the molecule is Cc1[nH]ncc1-c1nc2c(c3c1C1CCC3C1)C1C=NNC1C=C2F. The van der Waals surface area contributed by atoms with E-state index in [1.165, 1.54) is 30.4 Å². The minimum absolute atomic E-state index is 0.0842. The Morgan fingerprint density at radius 3 is 2.76 bits per heavy atom. The average molecular weight is 335 g/mol. The number of pyridine rings is 1. The Kier molecular flexibility index (Phi) is 2.51. The summed E-state index contributed by atoms with van der Waals surface area (Å²) in [5.74, 6) is 0.931. The van der Waals surface area contributed by atoms with Crippen molar-refractivity contribution in [3.05, 3.63) is 40.4 Å². The van der Waals surface area contributed by atoms with Crippen molar-refractivity contribution in [2.75, 3.05) is 0 Å². The number of H-pyrrole nitrogens is 1. The molecule has 0 radical (unpaired) electrons. The molecule has 6 rings (SSSR count). The standard InChI is InChI=1S/C19H18FN5/c1-8-11(6-21-24-8)18-16-10-3-2-9(4-10)15(16)17-12-7-22-25-14(12)5-13(20)19(17)23-18/h5-7,9-10,12,14,25H,2-4H2,1H3,(H,21,24). The zero-order chi connectivity index (χ0) is 16.7. The van der Waals surface area contributed by atoms with Crippen LogP contribution in [0.5, 0.6) is 0 Å². The molecule has 0 aromatic carbocycles. The number of aromatic amines is 1. The summed E-state index contributed by atoms with van der Waals surface area (Å²) in [5, 5.41) is 11.4. The Labute approximate surface area is 144 Å².